The van der Waals surface area contributed by atoms with Gasteiger partial charge in [-0.3, -0.25) is 4.79 Å². The van der Waals surface area contributed by atoms with Crippen LogP contribution in [0.5, 0.6) is 11.5 Å². The highest BCUT2D eigenvalue weighted by molar-refractivity contribution is 7.99. The number of methoxy groups -OCH3 is 2. The fourth-order valence-electron chi connectivity index (χ4n) is 2.80. The van der Waals surface area contributed by atoms with Gasteiger partial charge in [0.2, 0.25) is 0 Å². The third-order valence-electron chi connectivity index (χ3n) is 4.26. The van der Waals surface area contributed by atoms with E-state index in [0.717, 1.165) is 5.56 Å². The van der Waals surface area contributed by atoms with E-state index in [1.54, 1.807) is 32.4 Å². The lowest BCUT2D eigenvalue weighted by Gasteiger charge is -2.10. The number of amides is 1. The number of ether oxygens (including phenoxy) is 2. The molecule has 0 aliphatic heterocycles. The van der Waals surface area contributed by atoms with Gasteiger partial charge in [-0.2, -0.15) is 5.10 Å². The standard InChI is InChI=1S/C21H22FN5O3S/c1-4-27-20(15-8-9-17(29-2)18(11-15)30-3)25-26-21(27)31-13-19(28)24-23-12-14-6-5-7-16(22)10-14/h5-12H,4,13H2,1-3H3,(H,24,28)/b23-12+. The SMILES string of the molecule is CCn1c(SCC(=O)N/N=C/c2cccc(F)c2)nnc1-c1ccc(OC)c(OC)c1. The second kappa shape index (κ2) is 10.6. The fourth-order valence-corrected chi connectivity index (χ4v) is 3.59. The fraction of sp³-hybridized carbons (Fsp3) is 0.238. The molecule has 8 nitrogen and oxygen atoms in total. The molecule has 1 heterocycles. The van der Waals surface area contributed by atoms with Gasteiger partial charge >= 0.3 is 0 Å². The lowest BCUT2D eigenvalue weighted by molar-refractivity contribution is -0.118. The van der Waals surface area contributed by atoms with Gasteiger partial charge in [0.15, 0.2) is 22.5 Å². The zero-order chi connectivity index (χ0) is 22.2. The molecule has 162 valence electrons. The normalized spacial score (nSPS) is 11.0. The Labute approximate surface area is 183 Å². The molecule has 1 amide bonds. The molecular formula is C21H22FN5O3S. The van der Waals surface area contributed by atoms with Crippen LogP contribution in [0.1, 0.15) is 12.5 Å². The van der Waals surface area contributed by atoms with Crippen molar-refractivity contribution >= 4 is 23.9 Å². The summed E-state index contributed by atoms with van der Waals surface area (Å²) in [5.41, 5.74) is 3.80. The predicted octanol–water partition coefficient (Wildman–Crippen LogP) is 3.36. The second-order valence-electron chi connectivity index (χ2n) is 6.26. The quantitative estimate of drug-likeness (QED) is 0.310. The van der Waals surface area contributed by atoms with Crippen LogP contribution in [0.15, 0.2) is 52.7 Å². The molecule has 0 aliphatic carbocycles. The van der Waals surface area contributed by atoms with E-state index in [-0.39, 0.29) is 17.5 Å². The van der Waals surface area contributed by atoms with E-state index in [0.29, 0.717) is 34.6 Å². The first-order valence-corrected chi connectivity index (χ1v) is 10.4. The Balaban J connectivity index is 1.65. The Bertz CT molecular complexity index is 1090. The number of benzene rings is 2. The molecule has 0 saturated heterocycles. The number of hydrogen-bond acceptors (Lipinski definition) is 7. The van der Waals surface area contributed by atoms with Crippen LogP contribution in [-0.2, 0) is 11.3 Å². The molecule has 0 unspecified atom stereocenters. The van der Waals surface area contributed by atoms with E-state index >= 15 is 0 Å². The van der Waals surface area contributed by atoms with Crippen LogP contribution in [0.3, 0.4) is 0 Å². The molecule has 10 heteroatoms. The number of halogens is 1. The number of thioether (sulfide) groups is 1. The van der Waals surface area contributed by atoms with E-state index in [9.17, 15) is 9.18 Å². The van der Waals surface area contributed by atoms with E-state index < -0.39 is 0 Å². The van der Waals surface area contributed by atoms with Crippen molar-refractivity contribution in [2.45, 2.75) is 18.6 Å². The van der Waals surface area contributed by atoms with E-state index in [1.165, 1.54) is 30.1 Å². The molecule has 2 aromatic carbocycles. The minimum atomic E-state index is -0.366. The Hall–Kier alpha value is -3.40. The average Bonchev–Trinajstić information content (AvgIpc) is 3.20. The van der Waals surface area contributed by atoms with Gasteiger partial charge in [0.1, 0.15) is 5.82 Å². The molecule has 1 N–H and O–H groups in total. The van der Waals surface area contributed by atoms with Gasteiger partial charge < -0.3 is 14.0 Å². The number of aromatic nitrogens is 3. The van der Waals surface area contributed by atoms with Crippen LogP contribution in [0.25, 0.3) is 11.4 Å². The maximum absolute atomic E-state index is 13.2. The van der Waals surface area contributed by atoms with Crippen LogP contribution >= 0.6 is 11.8 Å². The molecule has 3 rings (SSSR count). The topological polar surface area (TPSA) is 90.6 Å². The van der Waals surface area contributed by atoms with Crippen LogP contribution < -0.4 is 14.9 Å². The summed E-state index contributed by atoms with van der Waals surface area (Å²) in [6, 6.07) is 11.4. The van der Waals surface area contributed by atoms with Gasteiger partial charge in [0, 0.05) is 12.1 Å². The van der Waals surface area contributed by atoms with E-state index in [1.807, 2.05) is 23.6 Å². The molecule has 0 atom stereocenters. The van der Waals surface area contributed by atoms with Gasteiger partial charge in [0.05, 0.1) is 26.2 Å². The molecule has 0 spiro atoms. The van der Waals surface area contributed by atoms with Crippen molar-refractivity contribution in [3.8, 4) is 22.9 Å². The predicted molar refractivity (Wildman–Crippen MR) is 117 cm³/mol. The maximum atomic E-state index is 13.2. The molecule has 0 radical (unpaired) electrons. The molecule has 31 heavy (non-hydrogen) atoms. The summed E-state index contributed by atoms with van der Waals surface area (Å²) in [5, 5.41) is 13.0. The first kappa shape index (κ1) is 22.3. The summed E-state index contributed by atoms with van der Waals surface area (Å²) < 4.78 is 25.7. The molecule has 0 bridgehead atoms. The minimum Gasteiger partial charge on any atom is -0.493 e. The minimum absolute atomic E-state index is 0.102. The zero-order valence-electron chi connectivity index (χ0n) is 17.3. The highest BCUT2D eigenvalue weighted by Gasteiger charge is 2.16. The summed E-state index contributed by atoms with van der Waals surface area (Å²) in [6.07, 6.45) is 1.38. The number of hydrazone groups is 1. The van der Waals surface area contributed by atoms with Crippen molar-refractivity contribution in [3.63, 3.8) is 0 Å². The second-order valence-corrected chi connectivity index (χ2v) is 7.20. The summed E-state index contributed by atoms with van der Waals surface area (Å²) in [4.78, 5) is 12.1. The number of rotatable bonds is 9. The van der Waals surface area contributed by atoms with Crippen LogP contribution in [-0.4, -0.2) is 46.9 Å². The molecular weight excluding hydrogens is 421 g/mol. The van der Waals surface area contributed by atoms with Crippen LogP contribution in [0.4, 0.5) is 4.39 Å². The third kappa shape index (κ3) is 5.60. The van der Waals surface area contributed by atoms with Gasteiger partial charge in [-0.05, 0) is 42.8 Å². The number of hydrogen-bond donors (Lipinski definition) is 1. The van der Waals surface area contributed by atoms with Crippen molar-refractivity contribution in [1.82, 2.24) is 20.2 Å². The zero-order valence-corrected chi connectivity index (χ0v) is 18.1. The van der Waals surface area contributed by atoms with Crippen molar-refractivity contribution in [2.24, 2.45) is 5.10 Å². The number of carbonyl (C=O) groups is 1. The van der Waals surface area contributed by atoms with Gasteiger partial charge in [-0.1, -0.05) is 23.9 Å². The lowest BCUT2D eigenvalue weighted by atomic mass is 10.2. The molecule has 0 saturated carbocycles. The highest BCUT2D eigenvalue weighted by Crippen LogP contribution is 2.32. The van der Waals surface area contributed by atoms with Crippen molar-refractivity contribution < 1.29 is 18.7 Å². The molecule has 3 aromatic rings. The summed E-state index contributed by atoms with van der Waals surface area (Å²) >= 11 is 1.25. The van der Waals surface area contributed by atoms with Gasteiger partial charge in [-0.25, -0.2) is 9.82 Å². The van der Waals surface area contributed by atoms with E-state index in [4.69, 9.17) is 9.47 Å². The largest absolute Gasteiger partial charge is 0.493 e. The first-order chi connectivity index (χ1) is 15.0. The van der Waals surface area contributed by atoms with Crippen LogP contribution in [0, 0.1) is 5.82 Å². The Morgan fingerprint density at radius 2 is 2.00 bits per heavy atom. The molecule has 0 aliphatic rings. The number of nitrogens with one attached hydrogen (secondary N) is 1. The maximum Gasteiger partial charge on any atom is 0.250 e. The number of carbonyl (C=O) groups excluding carboxylic acids is 1. The molecule has 0 fully saturated rings. The van der Waals surface area contributed by atoms with Crippen LogP contribution in [0.2, 0.25) is 0 Å². The summed E-state index contributed by atoms with van der Waals surface area (Å²) in [6.45, 7) is 2.60. The van der Waals surface area contributed by atoms with Crippen molar-refractivity contribution in [2.75, 3.05) is 20.0 Å². The summed E-state index contributed by atoms with van der Waals surface area (Å²) in [5.74, 6) is 1.31. The highest BCUT2D eigenvalue weighted by atomic mass is 32.2. The van der Waals surface area contributed by atoms with E-state index in [2.05, 4.69) is 20.7 Å². The molecule has 1 aromatic heterocycles. The smallest absolute Gasteiger partial charge is 0.250 e. The first-order valence-electron chi connectivity index (χ1n) is 9.41. The third-order valence-corrected chi connectivity index (χ3v) is 5.23. The van der Waals surface area contributed by atoms with Crippen molar-refractivity contribution in [1.29, 1.82) is 0 Å². The van der Waals surface area contributed by atoms with Gasteiger partial charge in [-0.15, -0.1) is 10.2 Å². The lowest BCUT2D eigenvalue weighted by Crippen LogP contribution is -2.20. The Kier molecular flexibility index (Phi) is 7.60. The van der Waals surface area contributed by atoms with Gasteiger partial charge in [0.25, 0.3) is 5.91 Å². The monoisotopic (exact) mass is 443 g/mol. The Morgan fingerprint density at radius 3 is 2.71 bits per heavy atom. The average molecular weight is 444 g/mol. The number of nitrogens with zero attached hydrogens (tertiary/aromatic N) is 4. The Morgan fingerprint density at radius 1 is 1.19 bits per heavy atom. The summed E-state index contributed by atoms with van der Waals surface area (Å²) in [7, 11) is 3.15. The van der Waals surface area contributed by atoms with Crippen molar-refractivity contribution in [3.05, 3.63) is 53.8 Å².